The molecule has 0 aromatic carbocycles. The number of anilines is 1. The Balaban J connectivity index is 1.92. The van der Waals surface area contributed by atoms with Gasteiger partial charge in [-0.1, -0.05) is 19.3 Å². The third-order valence-corrected chi connectivity index (χ3v) is 3.81. The third kappa shape index (κ3) is 2.14. The Hall–Kier alpha value is -1.36. The van der Waals surface area contributed by atoms with Crippen molar-refractivity contribution in [1.29, 1.82) is 0 Å². The lowest BCUT2D eigenvalue weighted by atomic mass is 9.89. The van der Waals surface area contributed by atoms with Crippen LogP contribution in [-0.2, 0) is 6.54 Å². The van der Waals surface area contributed by atoms with Crippen molar-refractivity contribution < 1.29 is 0 Å². The average Bonchev–Trinajstić information content (AvgIpc) is 2.74. The highest BCUT2D eigenvalue weighted by molar-refractivity contribution is 6.28. The van der Waals surface area contributed by atoms with Crippen molar-refractivity contribution in [2.24, 2.45) is 5.92 Å². The minimum atomic E-state index is 0.186. The molecule has 0 amide bonds. The molecule has 0 radical (unpaired) electrons. The van der Waals surface area contributed by atoms with Crippen LogP contribution in [-0.4, -0.2) is 19.5 Å². The van der Waals surface area contributed by atoms with Gasteiger partial charge in [-0.3, -0.25) is 0 Å². The second-order valence-corrected chi connectivity index (χ2v) is 5.29. The van der Waals surface area contributed by atoms with E-state index in [0.29, 0.717) is 17.3 Å². The third-order valence-electron chi connectivity index (χ3n) is 3.64. The van der Waals surface area contributed by atoms with E-state index in [1.165, 1.54) is 32.1 Å². The maximum Gasteiger partial charge on any atom is 0.226 e. The Kier molecular flexibility index (Phi) is 3.07. The molecule has 18 heavy (non-hydrogen) atoms. The van der Waals surface area contributed by atoms with Crippen LogP contribution in [0.15, 0.2) is 6.33 Å². The summed E-state index contributed by atoms with van der Waals surface area (Å²) >= 11 is 5.85. The molecule has 0 aliphatic heterocycles. The Bertz CT molecular complexity index is 559. The van der Waals surface area contributed by atoms with Gasteiger partial charge in [0.1, 0.15) is 5.52 Å². The van der Waals surface area contributed by atoms with E-state index < -0.39 is 0 Å². The summed E-state index contributed by atoms with van der Waals surface area (Å²) in [5.74, 6) is 1.07. The highest BCUT2D eigenvalue weighted by atomic mass is 35.5. The van der Waals surface area contributed by atoms with Crippen LogP contribution in [0.2, 0.25) is 5.28 Å². The lowest BCUT2D eigenvalue weighted by Crippen LogP contribution is -2.14. The van der Waals surface area contributed by atoms with Gasteiger partial charge in [0.25, 0.3) is 0 Å². The summed E-state index contributed by atoms with van der Waals surface area (Å²) in [6, 6.07) is 0. The van der Waals surface area contributed by atoms with Gasteiger partial charge in [-0.15, -0.1) is 0 Å². The minimum Gasteiger partial charge on any atom is -0.382 e. The van der Waals surface area contributed by atoms with Crippen LogP contribution in [0.25, 0.3) is 11.2 Å². The van der Waals surface area contributed by atoms with E-state index in [-0.39, 0.29) is 5.28 Å². The summed E-state index contributed by atoms with van der Waals surface area (Å²) in [5.41, 5.74) is 7.19. The van der Waals surface area contributed by atoms with Crippen molar-refractivity contribution in [3.63, 3.8) is 0 Å². The molecule has 0 atom stereocenters. The van der Waals surface area contributed by atoms with Crippen molar-refractivity contribution in [1.82, 2.24) is 19.5 Å². The molecule has 0 unspecified atom stereocenters. The van der Waals surface area contributed by atoms with E-state index in [1.807, 2.05) is 0 Å². The lowest BCUT2D eigenvalue weighted by Gasteiger charge is -2.21. The first-order valence-electron chi connectivity index (χ1n) is 6.38. The van der Waals surface area contributed by atoms with Crippen molar-refractivity contribution in [2.45, 2.75) is 38.6 Å². The van der Waals surface area contributed by atoms with Gasteiger partial charge in [0.05, 0.1) is 6.33 Å². The number of imidazole rings is 1. The molecule has 1 fully saturated rings. The summed E-state index contributed by atoms with van der Waals surface area (Å²) in [4.78, 5) is 12.4. The molecule has 1 saturated carbocycles. The first-order valence-corrected chi connectivity index (χ1v) is 6.75. The number of rotatable bonds is 2. The molecular weight excluding hydrogens is 250 g/mol. The van der Waals surface area contributed by atoms with Gasteiger partial charge in [-0.25, -0.2) is 4.98 Å². The molecule has 3 rings (SSSR count). The average molecular weight is 266 g/mol. The molecule has 2 heterocycles. The summed E-state index contributed by atoms with van der Waals surface area (Å²) in [7, 11) is 0. The second-order valence-electron chi connectivity index (χ2n) is 4.95. The highest BCUT2D eigenvalue weighted by Gasteiger charge is 2.17. The number of nitrogen functional groups attached to an aromatic ring is 1. The maximum atomic E-state index is 5.85. The molecule has 1 aliphatic carbocycles. The SMILES string of the molecule is Nc1nc(Cl)nc2c1ncn2CC1CCCCC1. The van der Waals surface area contributed by atoms with E-state index >= 15 is 0 Å². The fourth-order valence-corrected chi connectivity index (χ4v) is 2.89. The topological polar surface area (TPSA) is 69.6 Å². The minimum absolute atomic E-state index is 0.186. The van der Waals surface area contributed by atoms with Crippen molar-refractivity contribution in [3.8, 4) is 0 Å². The van der Waals surface area contributed by atoms with Crippen LogP contribution in [0.3, 0.4) is 0 Å². The molecule has 2 aromatic rings. The first kappa shape index (κ1) is 11.7. The van der Waals surface area contributed by atoms with Crippen LogP contribution < -0.4 is 5.73 Å². The van der Waals surface area contributed by atoms with Crippen LogP contribution >= 0.6 is 11.6 Å². The number of aromatic nitrogens is 4. The van der Waals surface area contributed by atoms with Crippen molar-refractivity contribution in [2.75, 3.05) is 5.73 Å². The predicted octanol–water partition coefficient (Wildman–Crippen LogP) is 2.64. The highest BCUT2D eigenvalue weighted by Crippen LogP contribution is 2.26. The summed E-state index contributed by atoms with van der Waals surface area (Å²) in [5, 5.41) is 0.186. The zero-order chi connectivity index (χ0) is 12.5. The zero-order valence-corrected chi connectivity index (χ0v) is 10.9. The largest absolute Gasteiger partial charge is 0.382 e. The predicted molar refractivity (Wildman–Crippen MR) is 71.3 cm³/mol. The number of hydrogen-bond acceptors (Lipinski definition) is 4. The van der Waals surface area contributed by atoms with Crippen LogP contribution in [0.4, 0.5) is 5.82 Å². The number of halogens is 1. The molecule has 0 bridgehead atoms. The molecular formula is C12H16ClN5. The van der Waals surface area contributed by atoms with Gasteiger partial charge in [-0.05, 0) is 30.4 Å². The number of nitrogens with two attached hydrogens (primary N) is 1. The fraction of sp³-hybridized carbons (Fsp3) is 0.583. The number of hydrogen-bond donors (Lipinski definition) is 1. The summed E-state index contributed by atoms with van der Waals surface area (Å²) in [6.45, 7) is 0.948. The summed E-state index contributed by atoms with van der Waals surface area (Å²) in [6.07, 6.45) is 8.38. The Morgan fingerprint density at radius 3 is 2.83 bits per heavy atom. The normalized spacial score (nSPS) is 17.4. The van der Waals surface area contributed by atoms with Crippen LogP contribution in [0.1, 0.15) is 32.1 Å². The fourth-order valence-electron chi connectivity index (χ4n) is 2.72. The molecule has 6 heteroatoms. The van der Waals surface area contributed by atoms with Gasteiger partial charge in [0.15, 0.2) is 11.5 Å². The van der Waals surface area contributed by atoms with Gasteiger partial charge in [0.2, 0.25) is 5.28 Å². The molecule has 5 nitrogen and oxygen atoms in total. The molecule has 0 saturated heterocycles. The molecule has 96 valence electrons. The Morgan fingerprint density at radius 1 is 1.28 bits per heavy atom. The quantitative estimate of drug-likeness (QED) is 0.848. The first-order chi connectivity index (χ1) is 8.74. The van der Waals surface area contributed by atoms with Crippen molar-refractivity contribution >= 4 is 28.6 Å². The van der Waals surface area contributed by atoms with Gasteiger partial charge in [0, 0.05) is 6.54 Å². The van der Waals surface area contributed by atoms with Gasteiger partial charge in [-0.2, -0.15) is 9.97 Å². The van der Waals surface area contributed by atoms with E-state index in [1.54, 1.807) is 6.33 Å². The Labute approximate surface area is 110 Å². The Morgan fingerprint density at radius 2 is 2.06 bits per heavy atom. The van der Waals surface area contributed by atoms with Crippen LogP contribution in [0, 0.1) is 5.92 Å². The van der Waals surface area contributed by atoms with Gasteiger partial charge >= 0.3 is 0 Å². The molecule has 0 spiro atoms. The van der Waals surface area contributed by atoms with E-state index in [9.17, 15) is 0 Å². The molecule has 2 N–H and O–H groups in total. The monoisotopic (exact) mass is 265 g/mol. The second kappa shape index (κ2) is 4.72. The zero-order valence-electron chi connectivity index (χ0n) is 10.1. The van der Waals surface area contributed by atoms with Gasteiger partial charge < -0.3 is 10.3 Å². The molecule has 2 aromatic heterocycles. The lowest BCUT2D eigenvalue weighted by molar-refractivity contribution is 0.321. The summed E-state index contributed by atoms with van der Waals surface area (Å²) < 4.78 is 2.05. The number of nitrogens with zero attached hydrogens (tertiary/aromatic N) is 4. The van der Waals surface area contributed by atoms with E-state index in [0.717, 1.165) is 12.2 Å². The van der Waals surface area contributed by atoms with Crippen LogP contribution in [0.5, 0.6) is 0 Å². The standard InChI is InChI=1S/C12H16ClN5/c13-12-16-10(14)9-11(17-12)18(7-15-9)6-8-4-2-1-3-5-8/h7-8H,1-6H2,(H2,14,16,17). The smallest absolute Gasteiger partial charge is 0.226 e. The van der Waals surface area contributed by atoms with E-state index in [4.69, 9.17) is 17.3 Å². The maximum absolute atomic E-state index is 5.85. The van der Waals surface area contributed by atoms with E-state index in [2.05, 4.69) is 19.5 Å². The number of fused-ring (bicyclic) bond motifs is 1. The molecule has 1 aliphatic rings. The van der Waals surface area contributed by atoms with Crippen molar-refractivity contribution in [3.05, 3.63) is 11.6 Å².